The fourth-order valence-electron chi connectivity index (χ4n) is 3.70. The van der Waals surface area contributed by atoms with Crippen LogP contribution < -0.4 is 0 Å². The fraction of sp³-hybridized carbons (Fsp3) is 0.600. The summed E-state index contributed by atoms with van der Waals surface area (Å²) in [6.07, 6.45) is 3.33. The molecule has 1 atom stereocenters. The van der Waals surface area contributed by atoms with E-state index in [1.54, 1.807) is 4.90 Å². The van der Waals surface area contributed by atoms with Crippen molar-refractivity contribution in [1.82, 2.24) is 14.5 Å². The number of aryl methyl sites for hydroxylation is 1. The predicted molar refractivity (Wildman–Crippen MR) is 119 cm³/mol. The summed E-state index contributed by atoms with van der Waals surface area (Å²) >= 11 is 7.52. The number of rotatable bonds is 9. The van der Waals surface area contributed by atoms with Gasteiger partial charge in [0.1, 0.15) is 0 Å². The van der Waals surface area contributed by atoms with Crippen LogP contribution in [0.3, 0.4) is 0 Å². The van der Waals surface area contributed by atoms with E-state index in [2.05, 4.69) is 23.4 Å². The molecule has 1 aliphatic heterocycles. The lowest BCUT2D eigenvalue weighted by Crippen LogP contribution is -2.42. The molecule has 0 spiro atoms. The molecule has 1 aromatic carbocycles. The SMILES string of the molecule is CCCCN(C(=O)CSc1nc2cc(Cl)ccc2n1CCC)C1CCS(=O)(=O)C1. The zero-order valence-electron chi connectivity index (χ0n) is 16.9. The predicted octanol–water partition coefficient (Wildman–Crippen LogP) is 4.01. The van der Waals surface area contributed by atoms with Gasteiger partial charge in [-0.3, -0.25) is 4.79 Å². The second kappa shape index (κ2) is 9.71. The Balaban J connectivity index is 1.76. The van der Waals surface area contributed by atoms with E-state index >= 15 is 0 Å². The summed E-state index contributed by atoms with van der Waals surface area (Å²) in [4.78, 5) is 19.5. The van der Waals surface area contributed by atoms with Crippen molar-refractivity contribution in [2.24, 2.45) is 0 Å². The molecule has 1 aromatic heterocycles. The molecule has 3 rings (SSSR count). The van der Waals surface area contributed by atoms with Crippen LogP contribution in [-0.4, -0.2) is 58.6 Å². The lowest BCUT2D eigenvalue weighted by atomic mass is 10.2. The highest BCUT2D eigenvalue weighted by atomic mass is 35.5. The first-order valence-corrected chi connectivity index (χ1v) is 13.3. The molecule has 0 saturated carbocycles. The summed E-state index contributed by atoms with van der Waals surface area (Å²) in [5.41, 5.74) is 1.83. The van der Waals surface area contributed by atoms with Gasteiger partial charge in [0.25, 0.3) is 0 Å². The third-order valence-corrected chi connectivity index (χ3v) is 8.12. The number of hydrogen-bond acceptors (Lipinski definition) is 5. The maximum absolute atomic E-state index is 13.0. The van der Waals surface area contributed by atoms with Gasteiger partial charge in [0, 0.05) is 24.2 Å². The highest BCUT2D eigenvalue weighted by Gasteiger charge is 2.34. The van der Waals surface area contributed by atoms with Gasteiger partial charge in [0.05, 0.1) is 28.3 Å². The Morgan fingerprint density at radius 3 is 2.79 bits per heavy atom. The van der Waals surface area contributed by atoms with Crippen LogP contribution >= 0.6 is 23.4 Å². The third kappa shape index (κ3) is 5.47. The van der Waals surface area contributed by atoms with E-state index in [-0.39, 0.29) is 29.2 Å². The van der Waals surface area contributed by atoms with Crippen LogP contribution in [0, 0.1) is 0 Å². The summed E-state index contributed by atoms with van der Waals surface area (Å²) < 4.78 is 25.9. The van der Waals surface area contributed by atoms with Crippen molar-refractivity contribution >= 4 is 50.1 Å². The molecular formula is C20H28ClN3O3S2. The second-order valence-corrected chi connectivity index (χ2v) is 11.1. The number of carbonyl (C=O) groups is 1. The minimum Gasteiger partial charge on any atom is -0.338 e. The highest BCUT2D eigenvalue weighted by Crippen LogP contribution is 2.27. The summed E-state index contributed by atoms with van der Waals surface area (Å²) in [6, 6.07) is 5.45. The van der Waals surface area contributed by atoms with E-state index in [1.807, 2.05) is 18.2 Å². The van der Waals surface area contributed by atoms with E-state index in [9.17, 15) is 13.2 Å². The molecule has 29 heavy (non-hydrogen) atoms. The van der Waals surface area contributed by atoms with Gasteiger partial charge in [-0.15, -0.1) is 0 Å². The van der Waals surface area contributed by atoms with Gasteiger partial charge in [-0.25, -0.2) is 13.4 Å². The number of nitrogens with zero attached hydrogens (tertiary/aromatic N) is 3. The molecule has 1 unspecified atom stereocenters. The van der Waals surface area contributed by atoms with Gasteiger partial charge in [-0.2, -0.15) is 0 Å². The van der Waals surface area contributed by atoms with Crippen molar-refractivity contribution in [3.63, 3.8) is 0 Å². The number of benzene rings is 1. The Morgan fingerprint density at radius 2 is 2.14 bits per heavy atom. The summed E-state index contributed by atoms with van der Waals surface area (Å²) in [7, 11) is -3.03. The van der Waals surface area contributed by atoms with E-state index in [4.69, 9.17) is 11.6 Å². The number of thioether (sulfide) groups is 1. The van der Waals surface area contributed by atoms with Crippen LogP contribution in [0.25, 0.3) is 11.0 Å². The Hall–Kier alpha value is -1.25. The van der Waals surface area contributed by atoms with Crippen molar-refractivity contribution in [2.75, 3.05) is 23.8 Å². The second-order valence-electron chi connectivity index (χ2n) is 7.47. The molecule has 1 saturated heterocycles. The Bertz CT molecular complexity index is 975. The molecule has 0 bridgehead atoms. The monoisotopic (exact) mass is 457 g/mol. The summed E-state index contributed by atoms with van der Waals surface area (Å²) in [5.74, 6) is 0.494. The number of unbranched alkanes of at least 4 members (excludes halogenated alkanes) is 1. The lowest BCUT2D eigenvalue weighted by Gasteiger charge is -2.28. The molecule has 0 radical (unpaired) electrons. The molecule has 1 aliphatic rings. The van der Waals surface area contributed by atoms with E-state index in [0.717, 1.165) is 42.0 Å². The van der Waals surface area contributed by atoms with Crippen LogP contribution in [0.5, 0.6) is 0 Å². The number of carbonyl (C=O) groups excluding carboxylic acids is 1. The van der Waals surface area contributed by atoms with Crippen LogP contribution in [0.1, 0.15) is 39.5 Å². The van der Waals surface area contributed by atoms with Gasteiger partial charge in [0.15, 0.2) is 15.0 Å². The average Bonchev–Trinajstić information content (AvgIpc) is 3.20. The third-order valence-electron chi connectivity index (χ3n) is 5.17. The molecule has 0 N–H and O–H groups in total. The first-order chi connectivity index (χ1) is 13.8. The first-order valence-electron chi connectivity index (χ1n) is 10.1. The smallest absolute Gasteiger partial charge is 0.233 e. The van der Waals surface area contributed by atoms with Crippen LogP contribution in [-0.2, 0) is 21.2 Å². The topological polar surface area (TPSA) is 72.3 Å². The average molecular weight is 458 g/mol. The molecule has 2 aromatic rings. The first kappa shape index (κ1) is 22.4. The highest BCUT2D eigenvalue weighted by molar-refractivity contribution is 7.99. The standard InChI is InChI=1S/C20H28ClN3O3S2/c1-3-5-10-23(16-8-11-29(26,27)14-16)19(25)13-28-20-22-17-12-15(21)6-7-18(17)24(20)9-4-2/h6-7,12,16H,3-5,8-11,13-14H2,1-2H3. The van der Waals surface area contributed by atoms with Crippen molar-refractivity contribution in [2.45, 2.75) is 57.3 Å². The maximum Gasteiger partial charge on any atom is 0.233 e. The zero-order valence-corrected chi connectivity index (χ0v) is 19.3. The van der Waals surface area contributed by atoms with Crippen LogP contribution in [0.4, 0.5) is 0 Å². The van der Waals surface area contributed by atoms with Crippen LogP contribution in [0.2, 0.25) is 5.02 Å². The van der Waals surface area contributed by atoms with E-state index in [0.29, 0.717) is 18.0 Å². The molecule has 2 heterocycles. The number of amides is 1. The Kier molecular flexibility index (Phi) is 7.51. The summed E-state index contributed by atoms with van der Waals surface area (Å²) in [6.45, 7) is 5.60. The number of imidazole rings is 1. The van der Waals surface area contributed by atoms with E-state index in [1.165, 1.54) is 11.8 Å². The molecule has 1 amide bonds. The minimum atomic E-state index is -3.03. The largest absolute Gasteiger partial charge is 0.338 e. The van der Waals surface area contributed by atoms with Gasteiger partial charge in [0.2, 0.25) is 5.91 Å². The molecule has 0 aliphatic carbocycles. The molecule has 9 heteroatoms. The van der Waals surface area contributed by atoms with E-state index < -0.39 is 9.84 Å². The Labute approximate surface area is 181 Å². The normalized spacial score (nSPS) is 18.4. The van der Waals surface area contributed by atoms with Crippen molar-refractivity contribution in [3.05, 3.63) is 23.2 Å². The number of hydrogen-bond donors (Lipinski definition) is 0. The molecule has 6 nitrogen and oxygen atoms in total. The number of halogens is 1. The fourth-order valence-corrected chi connectivity index (χ4v) is 6.52. The molecule has 1 fully saturated rings. The number of fused-ring (bicyclic) bond motifs is 1. The minimum absolute atomic E-state index is 0.0151. The zero-order chi connectivity index (χ0) is 21.0. The van der Waals surface area contributed by atoms with Gasteiger partial charge in [-0.05, 0) is 37.5 Å². The van der Waals surface area contributed by atoms with Gasteiger partial charge >= 0.3 is 0 Å². The van der Waals surface area contributed by atoms with Gasteiger partial charge in [-0.1, -0.05) is 43.6 Å². The maximum atomic E-state index is 13.0. The Morgan fingerprint density at radius 1 is 1.34 bits per heavy atom. The van der Waals surface area contributed by atoms with Crippen molar-refractivity contribution < 1.29 is 13.2 Å². The molecule has 160 valence electrons. The van der Waals surface area contributed by atoms with Gasteiger partial charge < -0.3 is 9.47 Å². The lowest BCUT2D eigenvalue weighted by molar-refractivity contribution is -0.130. The quantitative estimate of drug-likeness (QED) is 0.532. The molecular weight excluding hydrogens is 430 g/mol. The van der Waals surface area contributed by atoms with Crippen molar-refractivity contribution in [1.29, 1.82) is 0 Å². The van der Waals surface area contributed by atoms with Crippen LogP contribution in [0.15, 0.2) is 23.4 Å². The summed E-state index contributed by atoms with van der Waals surface area (Å²) in [5, 5.41) is 1.44. The number of aromatic nitrogens is 2. The number of sulfone groups is 1. The van der Waals surface area contributed by atoms with Crippen molar-refractivity contribution in [3.8, 4) is 0 Å².